The van der Waals surface area contributed by atoms with E-state index in [0.717, 1.165) is 0 Å². The van der Waals surface area contributed by atoms with E-state index in [4.69, 9.17) is 14.6 Å². The van der Waals surface area contributed by atoms with Crippen LogP contribution in [0.1, 0.15) is 53.8 Å². The number of aromatic hydroxyl groups is 2. The predicted octanol–water partition coefficient (Wildman–Crippen LogP) is 2.75. The Bertz CT molecular complexity index is 1660. The summed E-state index contributed by atoms with van der Waals surface area (Å²) in [6, 6.07) is 9.96. The van der Waals surface area contributed by atoms with E-state index in [1.807, 2.05) is 6.92 Å². The molecule has 4 rings (SSSR count). The van der Waals surface area contributed by atoms with Gasteiger partial charge in [-0.05, 0) is 62.6 Å². The molecule has 2 heterocycles. The van der Waals surface area contributed by atoms with Crippen LogP contribution in [0.4, 0.5) is 0 Å². The van der Waals surface area contributed by atoms with Crippen molar-refractivity contribution in [2.75, 3.05) is 0 Å². The van der Waals surface area contributed by atoms with Crippen LogP contribution in [-0.4, -0.2) is 40.2 Å². The minimum absolute atomic E-state index is 0.0723. The summed E-state index contributed by atoms with van der Waals surface area (Å²) >= 11 is 0. The van der Waals surface area contributed by atoms with Crippen molar-refractivity contribution >= 4 is 33.8 Å². The van der Waals surface area contributed by atoms with Crippen LogP contribution < -0.4 is 27.6 Å². The van der Waals surface area contributed by atoms with Gasteiger partial charge in [0, 0.05) is 41.0 Å². The second-order valence-corrected chi connectivity index (χ2v) is 9.54. The summed E-state index contributed by atoms with van der Waals surface area (Å²) in [5.74, 6) is -1.45. The fourth-order valence-corrected chi connectivity index (χ4v) is 4.38. The molecule has 2 aromatic carbocycles. The van der Waals surface area contributed by atoms with E-state index in [9.17, 15) is 29.4 Å². The molecule has 39 heavy (non-hydrogen) atoms. The molecule has 0 saturated carbocycles. The molecule has 0 saturated heterocycles. The third kappa shape index (κ3) is 6.44. The van der Waals surface area contributed by atoms with Gasteiger partial charge < -0.3 is 35.4 Å². The number of nitrogens with two attached hydrogens (primary N) is 1. The molecule has 4 aromatic rings. The summed E-state index contributed by atoms with van der Waals surface area (Å²) in [4.78, 5) is 50.9. The van der Waals surface area contributed by atoms with Gasteiger partial charge in [0.05, 0.1) is 0 Å². The molecule has 0 bridgehead atoms. The number of phenolic OH excluding ortho intramolecular Hbond substituents is 2. The van der Waals surface area contributed by atoms with Crippen LogP contribution in [0.5, 0.6) is 11.5 Å². The average molecular weight is 536 g/mol. The largest absolute Gasteiger partial charge is 0.508 e. The number of nitrogens with one attached hydrogen (secondary N) is 2. The molecule has 0 spiro atoms. The van der Waals surface area contributed by atoms with E-state index >= 15 is 0 Å². The second-order valence-electron chi connectivity index (χ2n) is 9.54. The third-order valence-electron chi connectivity index (χ3n) is 6.32. The molecular weight excluding hydrogens is 506 g/mol. The zero-order valence-electron chi connectivity index (χ0n) is 21.4. The van der Waals surface area contributed by atoms with Gasteiger partial charge in [-0.25, -0.2) is 9.59 Å². The summed E-state index contributed by atoms with van der Waals surface area (Å²) in [6.07, 6.45) is 1.10. The van der Waals surface area contributed by atoms with Gasteiger partial charge in [0.2, 0.25) is 0 Å². The monoisotopic (exact) mass is 535 g/mol. The molecule has 0 radical (unpaired) electrons. The van der Waals surface area contributed by atoms with Crippen molar-refractivity contribution in [3.05, 3.63) is 80.5 Å². The first kappa shape index (κ1) is 27.4. The second kappa shape index (κ2) is 11.4. The number of fused-ring (bicyclic) bond motifs is 2. The SMILES string of the molecule is CCC(CC(CC(C)N)NC(=O)c1cc2ccc(O)cc2oc1=O)NC(=O)c1cc2ccc(O)cc2oc1=O. The molecule has 0 aliphatic rings. The highest BCUT2D eigenvalue weighted by atomic mass is 16.4. The number of phenols is 2. The summed E-state index contributed by atoms with van der Waals surface area (Å²) in [5, 5.41) is 25.8. The molecule has 3 unspecified atom stereocenters. The highest BCUT2D eigenvalue weighted by Gasteiger charge is 2.24. The Kier molecular flexibility index (Phi) is 8.01. The van der Waals surface area contributed by atoms with E-state index in [2.05, 4.69) is 10.6 Å². The maximum absolute atomic E-state index is 13.1. The first-order chi connectivity index (χ1) is 18.5. The lowest BCUT2D eigenvalue weighted by Gasteiger charge is -2.26. The minimum Gasteiger partial charge on any atom is -0.508 e. The fraction of sp³-hybridized carbons (Fsp3) is 0.286. The van der Waals surface area contributed by atoms with Gasteiger partial charge in [-0.3, -0.25) is 9.59 Å². The van der Waals surface area contributed by atoms with Gasteiger partial charge in [0.25, 0.3) is 11.8 Å². The quantitative estimate of drug-likeness (QED) is 0.201. The zero-order valence-corrected chi connectivity index (χ0v) is 21.4. The Morgan fingerprint density at radius 2 is 1.26 bits per heavy atom. The van der Waals surface area contributed by atoms with Crippen LogP contribution in [0.2, 0.25) is 0 Å². The maximum atomic E-state index is 13.1. The van der Waals surface area contributed by atoms with Crippen LogP contribution in [0.25, 0.3) is 21.9 Å². The average Bonchev–Trinajstić information content (AvgIpc) is 2.86. The Morgan fingerprint density at radius 3 is 1.69 bits per heavy atom. The van der Waals surface area contributed by atoms with Crippen LogP contribution >= 0.6 is 0 Å². The van der Waals surface area contributed by atoms with E-state index in [1.165, 1.54) is 48.5 Å². The van der Waals surface area contributed by atoms with Crippen LogP contribution in [0, 0.1) is 0 Å². The number of carbonyl (C=O) groups excluding carboxylic acids is 2. The number of rotatable bonds is 9. The Morgan fingerprint density at radius 1 is 0.795 bits per heavy atom. The highest BCUT2D eigenvalue weighted by Crippen LogP contribution is 2.21. The van der Waals surface area contributed by atoms with Crippen molar-refractivity contribution in [1.82, 2.24) is 10.6 Å². The van der Waals surface area contributed by atoms with Gasteiger partial charge in [-0.2, -0.15) is 0 Å². The third-order valence-corrected chi connectivity index (χ3v) is 6.32. The van der Waals surface area contributed by atoms with Crippen LogP contribution in [0.15, 0.2) is 67.0 Å². The van der Waals surface area contributed by atoms with E-state index in [-0.39, 0.29) is 46.3 Å². The van der Waals surface area contributed by atoms with Gasteiger partial charge in [-0.1, -0.05) is 6.92 Å². The lowest BCUT2D eigenvalue weighted by Crippen LogP contribution is -2.46. The molecule has 3 atom stereocenters. The van der Waals surface area contributed by atoms with Gasteiger partial charge in [0.1, 0.15) is 33.8 Å². The molecule has 2 aromatic heterocycles. The number of hydrogen-bond acceptors (Lipinski definition) is 9. The standard InChI is InChI=1S/C28H29N3O8/c1-3-17(30-25(34)21-9-15-4-6-19(32)12-23(15)38-27(21)36)11-18(8-14(2)29)31-26(35)22-10-16-5-7-20(33)13-24(16)39-28(22)37/h4-7,9-10,12-14,17-18,32-33H,3,8,11,29H2,1-2H3,(H,30,34)(H,31,35). The van der Waals surface area contributed by atoms with Gasteiger partial charge in [0.15, 0.2) is 0 Å². The van der Waals surface area contributed by atoms with E-state index in [1.54, 1.807) is 6.92 Å². The normalized spacial score (nSPS) is 13.6. The van der Waals surface area contributed by atoms with Crippen molar-refractivity contribution < 1.29 is 28.6 Å². The van der Waals surface area contributed by atoms with Crippen LogP contribution in [-0.2, 0) is 0 Å². The summed E-state index contributed by atoms with van der Waals surface area (Å²) in [7, 11) is 0. The van der Waals surface area contributed by atoms with E-state index in [0.29, 0.717) is 23.6 Å². The first-order valence-electron chi connectivity index (χ1n) is 12.4. The molecule has 11 nitrogen and oxygen atoms in total. The van der Waals surface area contributed by atoms with Crippen LogP contribution in [0.3, 0.4) is 0 Å². The summed E-state index contributed by atoms with van der Waals surface area (Å²) < 4.78 is 10.4. The minimum atomic E-state index is -0.859. The Balaban J connectivity index is 1.52. The molecule has 2 amide bonds. The number of benzene rings is 2. The van der Waals surface area contributed by atoms with Crippen molar-refractivity contribution in [1.29, 1.82) is 0 Å². The topological polar surface area (TPSA) is 185 Å². The molecule has 0 aliphatic carbocycles. The van der Waals surface area contributed by atoms with Gasteiger partial charge in [-0.15, -0.1) is 0 Å². The van der Waals surface area contributed by atoms with Crippen molar-refractivity contribution in [2.45, 2.75) is 51.2 Å². The zero-order chi connectivity index (χ0) is 28.3. The smallest absolute Gasteiger partial charge is 0.349 e. The van der Waals surface area contributed by atoms with Crippen molar-refractivity contribution in [3.8, 4) is 11.5 Å². The van der Waals surface area contributed by atoms with Gasteiger partial charge >= 0.3 is 11.3 Å². The molecule has 0 fully saturated rings. The lowest BCUT2D eigenvalue weighted by atomic mass is 9.98. The summed E-state index contributed by atoms with van der Waals surface area (Å²) in [6.45, 7) is 3.61. The Hall–Kier alpha value is -4.64. The van der Waals surface area contributed by atoms with Crippen molar-refractivity contribution in [3.63, 3.8) is 0 Å². The first-order valence-corrected chi connectivity index (χ1v) is 12.4. The molecular formula is C28H29N3O8. The molecule has 204 valence electrons. The number of hydrogen-bond donors (Lipinski definition) is 5. The lowest BCUT2D eigenvalue weighted by molar-refractivity contribution is 0.0913. The van der Waals surface area contributed by atoms with E-state index < -0.39 is 35.1 Å². The molecule has 0 aliphatic heterocycles. The highest BCUT2D eigenvalue weighted by molar-refractivity contribution is 5.97. The number of carbonyl (C=O) groups is 2. The molecule has 11 heteroatoms. The summed E-state index contributed by atoms with van der Waals surface area (Å²) in [5.41, 5.74) is 4.19. The number of amides is 2. The maximum Gasteiger partial charge on any atom is 0.349 e. The fourth-order valence-electron chi connectivity index (χ4n) is 4.38. The van der Waals surface area contributed by atoms with Crippen molar-refractivity contribution in [2.24, 2.45) is 5.73 Å². The predicted molar refractivity (Wildman–Crippen MR) is 144 cm³/mol. The Labute approximate surface area is 222 Å². The molecule has 6 N–H and O–H groups in total.